The summed E-state index contributed by atoms with van der Waals surface area (Å²) in [4.78, 5) is 10.1. The quantitative estimate of drug-likeness (QED) is 0.467. The highest BCUT2D eigenvalue weighted by Crippen LogP contribution is 2.11. The van der Waals surface area contributed by atoms with Crippen molar-refractivity contribution in [2.75, 3.05) is 6.54 Å². The fourth-order valence-electron chi connectivity index (χ4n) is 1.51. The maximum absolute atomic E-state index is 10.5. The van der Waals surface area contributed by atoms with E-state index in [1.807, 2.05) is 0 Å². The van der Waals surface area contributed by atoms with Gasteiger partial charge < -0.3 is 5.32 Å². The average molecular weight is 247 g/mol. The molecule has 1 N–H and O–H groups in total. The van der Waals surface area contributed by atoms with E-state index in [4.69, 9.17) is 0 Å². The average Bonchev–Trinajstić information content (AvgIpc) is 2.88. The Morgan fingerprint density at radius 3 is 2.72 bits per heavy atom. The van der Waals surface area contributed by atoms with Crippen LogP contribution in [0.25, 0.3) is 0 Å². The van der Waals surface area contributed by atoms with Crippen LogP contribution in [-0.4, -0.2) is 26.5 Å². The molecule has 7 heteroatoms. The molecule has 0 saturated carbocycles. The first-order valence-corrected chi connectivity index (χ1v) is 5.54. The molecule has 0 atom stereocenters. The van der Waals surface area contributed by atoms with Crippen molar-refractivity contribution in [3.63, 3.8) is 0 Å². The molecule has 0 radical (unpaired) electrons. The van der Waals surface area contributed by atoms with Crippen molar-refractivity contribution in [3.05, 3.63) is 52.3 Å². The highest BCUT2D eigenvalue weighted by atomic mass is 16.6. The second-order valence-corrected chi connectivity index (χ2v) is 3.77. The van der Waals surface area contributed by atoms with Crippen LogP contribution in [0.1, 0.15) is 5.56 Å². The molecule has 0 aliphatic rings. The summed E-state index contributed by atoms with van der Waals surface area (Å²) in [6, 6.07) is 6.52. The monoisotopic (exact) mass is 247 g/mol. The number of benzene rings is 1. The topological polar surface area (TPSA) is 85.9 Å². The lowest BCUT2D eigenvalue weighted by Crippen LogP contribution is -2.19. The van der Waals surface area contributed by atoms with Crippen molar-refractivity contribution in [2.24, 2.45) is 0 Å². The number of hydrogen-bond donors (Lipinski definition) is 1. The lowest BCUT2D eigenvalue weighted by atomic mass is 10.2. The number of aromatic nitrogens is 3. The molecule has 0 fully saturated rings. The van der Waals surface area contributed by atoms with E-state index in [1.54, 1.807) is 29.2 Å². The SMILES string of the molecule is O=[N+]([O-])c1ccc(CNCCn2ccnn2)cc1. The summed E-state index contributed by atoms with van der Waals surface area (Å²) in [5, 5.41) is 21.3. The van der Waals surface area contributed by atoms with Crippen LogP contribution in [0.15, 0.2) is 36.7 Å². The van der Waals surface area contributed by atoms with Gasteiger partial charge in [0.2, 0.25) is 0 Å². The first-order chi connectivity index (χ1) is 8.75. The van der Waals surface area contributed by atoms with Gasteiger partial charge >= 0.3 is 0 Å². The van der Waals surface area contributed by atoms with E-state index in [0.717, 1.165) is 18.7 Å². The third kappa shape index (κ3) is 3.36. The van der Waals surface area contributed by atoms with Gasteiger partial charge in [0.15, 0.2) is 0 Å². The summed E-state index contributed by atoms with van der Waals surface area (Å²) >= 11 is 0. The number of rotatable bonds is 6. The zero-order valence-corrected chi connectivity index (χ0v) is 9.69. The summed E-state index contributed by atoms with van der Waals surface area (Å²) in [5.74, 6) is 0. The first-order valence-electron chi connectivity index (χ1n) is 5.54. The highest BCUT2D eigenvalue weighted by molar-refractivity contribution is 5.32. The van der Waals surface area contributed by atoms with Crippen LogP contribution in [0.5, 0.6) is 0 Å². The summed E-state index contributed by atoms with van der Waals surface area (Å²) < 4.78 is 1.74. The van der Waals surface area contributed by atoms with E-state index in [-0.39, 0.29) is 5.69 Å². The van der Waals surface area contributed by atoms with Crippen LogP contribution >= 0.6 is 0 Å². The Morgan fingerprint density at radius 1 is 1.33 bits per heavy atom. The molecule has 0 unspecified atom stereocenters. The van der Waals surface area contributed by atoms with Gasteiger partial charge in [0, 0.05) is 31.4 Å². The number of nitro groups is 1. The number of hydrogen-bond acceptors (Lipinski definition) is 5. The summed E-state index contributed by atoms with van der Waals surface area (Å²) in [6.45, 7) is 2.18. The number of nitrogens with zero attached hydrogens (tertiary/aromatic N) is 4. The fraction of sp³-hybridized carbons (Fsp3) is 0.273. The normalized spacial score (nSPS) is 10.4. The highest BCUT2D eigenvalue weighted by Gasteiger charge is 2.03. The minimum Gasteiger partial charge on any atom is -0.311 e. The number of nitro benzene ring substituents is 1. The van der Waals surface area contributed by atoms with Crippen LogP contribution in [0.3, 0.4) is 0 Å². The lowest BCUT2D eigenvalue weighted by Gasteiger charge is -2.04. The van der Waals surface area contributed by atoms with Crippen molar-refractivity contribution in [1.29, 1.82) is 0 Å². The minimum absolute atomic E-state index is 0.112. The Morgan fingerprint density at radius 2 is 2.11 bits per heavy atom. The van der Waals surface area contributed by atoms with Crippen LogP contribution in [0.4, 0.5) is 5.69 Å². The Labute approximate surface area is 104 Å². The lowest BCUT2D eigenvalue weighted by molar-refractivity contribution is -0.384. The van der Waals surface area contributed by atoms with Crippen LogP contribution < -0.4 is 5.32 Å². The molecule has 1 heterocycles. The van der Waals surface area contributed by atoms with Crippen molar-refractivity contribution < 1.29 is 4.92 Å². The van der Waals surface area contributed by atoms with Gasteiger partial charge in [-0.05, 0) is 5.56 Å². The molecule has 1 aromatic carbocycles. The number of nitrogens with one attached hydrogen (secondary N) is 1. The van der Waals surface area contributed by atoms with E-state index in [1.165, 1.54) is 12.1 Å². The second-order valence-electron chi connectivity index (χ2n) is 3.77. The zero-order chi connectivity index (χ0) is 12.8. The third-order valence-corrected chi connectivity index (χ3v) is 2.47. The standard InChI is InChI=1S/C11H13N5O2/c17-16(18)11-3-1-10(2-4-11)9-12-5-7-15-8-6-13-14-15/h1-4,6,8,12H,5,7,9H2. The van der Waals surface area contributed by atoms with Gasteiger partial charge in [-0.3, -0.25) is 14.8 Å². The molecular formula is C11H13N5O2. The summed E-state index contributed by atoms with van der Waals surface area (Å²) in [7, 11) is 0. The maximum Gasteiger partial charge on any atom is 0.269 e. The Balaban J connectivity index is 1.75. The molecule has 0 bridgehead atoms. The molecule has 0 spiro atoms. The van der Waals surface area contributed by atoms with Crippen LogP contribution in [0, 0.1) is 10.1 Å². The second kappa shape index (κ2) is 5.87. The third-order valence-electron chi connectivity index (χ3n) is 2.47. The van der Waals surface area contributed by atoms with Crippen LogP contribution in [0.2, 0.25) is 0 Å². The van der Waals surface area contributed by atoms with E-state index < -0.39 is 4.92 Å². The summed E-state index contributed by atoms with van der Waals surface area (Å²) in [6.07, 6.45) is 3.43. The van der Waals surface area contributed by atoms with Gasteiger partial charge in [-0.1, -0.05) is 17.3 Å². The van der Waals surface area contributed by atoms with E-state index in [9.17, 15) is 10.1 Å². The molecule has 0 aliphatic carbocycles. The summed E-state index contributed by atoms with van der Waals surface area (Å²) in [5.41, 5.74) is 1.13. The van der Waals surface area contributed by atoms with E-state index in [2.05, 4.69) is 15.6 Å². The molecular weight excluding hydrogens is 234 g/mol. The molecule has 0 saturated heterocycles. The van der Waals surface area contributed by atoms with E-state index in [0.29, 0.717) is 6.54 Å². The predicted octanol–water partition coefficient (Wildman–Crippen LogP) is 0.976. The van der Waals surface area contributed by atoms with Gasteiger partial charge in [0.1, 0.15) is 0 Å². The Bertz CT molecular complexity index is 495. The number of non-ortho nitro benzene ring substituents is 1. The Kier molecular flexibility index (Phi) is 3.98. The van der Waals surface area contributed by atoms with Gasteiger partial charge in [-0.25, -0.2) is 0 Å². The largest absolute Gasteiger partial charge is 0.311 e. The van der Waals surface area contributed by atoms with Gasteiger partial charge in [0.05, 0.1) is 17.7 Å². The smallest absolute Gasteiger partial charge is 0.269 e. The van der Waals surface area contributed by atoms with E-state index >= 15 is 0 Å². The van der Waals surface area contributed by atoms with Crippen molar-refractivity contribution >= 4 is 5.69 Å². The molecule has 1 aromatic heterocycles. The van der Waals surface area contributed by atoms with Crippen LogP contribution in [-0.2, 0) is 13.1 Å². The van der Waals surface area contributed by atoms with Gasteiger partial charge in [-0.2, -0.15) is 0 Å². The molecule has 18 heavy (non-hydrogen) atoms. The minimum atomic E-state index is -0.401. The van der Waals surface area contributed by atoms with Crippen molar-refractivity contribution in [2.45, 2.75) is 13.1 Å². The molecule has 0 amide bonds. The van der Waals surface area contributed by atoms with Gasteiger partial charge in [-0.15, -0.1) is 5.10 Å². The molecule has 94 valence electrons. The molecule has 2 aromatic rings. The van der Waals surface area contributed by atoms with Gasteiger partial charge in [0.25, 0.3) is 5.69 Å². The predicted molar refractivity (Wildman–Crippen MR) is 64.8 cm³/mol. The maximum atomic E-state index is 10.5. The first kappa shape index (κ1) is 12.2. The fourth-order valence-corrected chi connectivity index (χ4v) is 1.51. The molecule has 0 aliphatic heterocycles. The Hall–Kier alpha value is -2.28. The zero-order valence-electron chi connectivity index (χ0n) is 9.69. The van der Waals surface area contributed by atoms with Crippen molar-refractivity contribution in [3.8, 4) is 0 Å². The van der Waals surface area contributed by atoms with Crippen molar-refractivity contribution in [1.82, 2.24) is 20.3 Å². The molecule has 2 rings (SSSR count). The molecule has 7 nitrogen and oxygen atoms in total.